The summed E-state index contributed by atoms with van der Waals surface area (Å²) in [6.07, 6.45) is 1.44. The molecule has 120 valence electrons. The standard InChI is InChI=1S/C16H18N4O2S/c1-10-7-11(2)20(19-10)14(15-5-4-6-23-15)9-17-16(21)13-8-18-22-12(13)3/h4-8,14H,9H2,1-3H3,(H,17,21)/t14-/m1/s1. The van der Waals surface area contributed by atoms with Crippen molar-refractivity contribution in [3.8, 4) is 0 Å². The van der Waals surface area contributed by atoms with E-state index in [-0.39, 0.29) is 11.9 Å². The van der Waals surface area contributed by atoms with Gasteiger partial charge in [0.1, 0.15) is 17.4 Å². The molecule has 0 aromatic carbocycles. The van der Waals surface area contributed by atoms with Gasteiger partial charge in [-0.25, -0.2) is 0 Å². The molecule has 3 rings (SSSR count). The first-order valence-electron chi connectivity index (χ1n) is 7.32. The summed E-state index contributed by atoms with van der Waals surface area (Å²) in [6.45, 7) is 6.16. The molecule has 3 aromatic rings. The van der Waals surface area contributed by atoms with Gasteiger partial charge in [0, 0.05) is 17.1 Å². The summed E-state index contributed by atoms with van der Waals surface area (Å²) in [5, 5.41) is 13.2. The van der Waals surface area contributed by atoms with Gasteiger partial charge in [0.25, 0.3) is 5.91 Å². The van der Waals surface area contributed by atoms with Crippen molar-refractivity contribution in [2.45, 2.75) is 26.8 Å². The highest BCUT2D eigenvalue weighted by molar-refractivity contribution is 7.10. The molecule has 1 amide bonds. The van der Waals surface area contributed by atoms with Gasteiger partial charge in [-0.15, -0.1) is 11.3 Å². The molecular weight excluding hydrogens is 312 g/mol. The number of amides is 1. The molecule has 0 radical (unpaired) electrons. The highest BCUT2D eigenvalue weighted by atomic mass is 32.1. The molecule has 0 saturated heterocycles. The Hall–Kier alpha value is -2.41. The quantitative estimate of drug-likeness (QED) is 0.781. The Bertz CT molecular complexity index is 804. The molecule has 0 aliphatic carbocycles. The minimum Gasteiger partial charge on any atom is -0.361 e. The molecule has 0 fully saturated rings. The third kappa shape index (κ3) is 3.19. The predicted molar refractivity (Wildman–Crippen MR) is 87.7 cm³/mol. The van der Waals surface area contributed by atoms with Crippen LogP contribution in [0.25, 0.3) is 0 Å². The van der Waals surface area contributed by atoms with Gasteiger partial charge in [-0.1, -0.05) is 11.2 Å². The first-order chi connectivity index (χ1) is 11.1. The number of hydrogen-bond acceptors (Lipinski definition) is 5. The van der Waals surface area contributed by atoms with Crippen molar-refractivity contribution in [2.75, 3.05) is 6.54 Å². The van der Waals surface area contributed by atoms with E-state index in [1.165, 1.54) is 6.20 Å². The van der Waals surface area contributed by atoms with Crippen molar-refractivity contribution in [2.24, 2.45) is 0 Å². The lowest BCUT2D eigenvalue weighted by Crippen LogP contribution is -2.32. The third-order valence-electron chi connectivity index (χ3n) is 3.66. The second kappa shape index (κ2) is 6.37. The third-order valence-corrected chi connectivity index (χ3v) is 4.64. The van der Waals surface area contributed by atoms with Crippen LogP contribution >= 0.6 is 11.3 Å². The lowest BCUT2D eigenvalue weighted by atomic mass is 10.2. The number of rotatable bonds is 5. The first kappa shape index (κ1) is 15.5. The Labute approximate surface area is 138 Å². The van der Waals surface area contributed by atoms with Gasteiger partial charge < -0.3 is 9.84 Å². The van der Waals surface area contributed by atoms with Crippen LogP contribution in [0.3, 0.4) is 0 Å². The van der Waals surface area contributed by atoms with Crippen LogP contribution in [0.1, 0.15) is 38.4 Å². The Morgan fingerprint density at radius 1 is 1.43 bits per heavy atom. The molecule has 0 saturated carbocycles. The van der Waals surface area contributed by atoms with E-state index in [0.29, 0.717) is 17.9 Å². The van der Waals surface area contributed by atoms with Gasteiger partial charge in [0.05, 0.1) is 11.9 Å². The zero-order valence-electron chi connectivity index (χ0n) is 13.2. The largest absolute Gasteiger partial charge is 0.361 e. The van der Waals surface area contributed by atoms with Crippen molar-refractivity contribution in [1.29, 1.82) is 0 Å². The zero-order chi connectivity index (χ0) is 16.4. The van der Waals surface area contributed by atoms with Crippen LogP contribution < -0.4 is 5.32 Å². The monoisotopic (exact) mass is 330 g/mol. The average molecular weight is 330 g/mol. The summed E-state index contributed by atoms with van der Waals surface area (Å²) in [4.78, 5) is 13.4. The number of nitrogens with one attached hydrogen (secondary N) is 1. The molecule has 1 atom stereocenters. The summed E-state index contributed by atoms with van der Waals surface area (Å²) in [7, 11) is 0. The Balaban J connectivity index is 1.82. The highest BCUT2D eigenvalue weighted by Gasteiger charge is 2.20. The number of hydrogen-bond donors (Lipinski definition) is 1. The summed E-state index contributed by atoms with van der Waals surface area (Å²) in [5.74, 6) is 0.327. The van der Waals surface area contributed by atoms with Crippen molar-refractivity contribution < 1.29 is 9.32 Å². The Morgan fingerprint density at radius 2 is 2.26 bits per heavy atom. The highest BCUT2D eigenvalue weighted by Crippen LogP contribution is 2.24. The molecule has 0 aliphatic heterocycles. The summed E-state index contributed by atoms with van der Waals surface area (Å²) in [5.41, 5.74) is 2.49. The SMILES string of the molecule is Cc1cc(C)n([C@H](CNC(=O)c2cnoc2C)c2cccs2)n1. The number of thiophene rings is 1. The summed E-state index contributed by atoms with van der Waals surface area (Å²) < 4.78 is 6.91. The van der Waals surface area contributed by atoms with Gasteiger partial charge in [-0.2, -0.15) is 5.10 Å². The van der Waals surface area contributed by atoms with Crippen molar-refractivity contribution in [1.82, 2.24) is 20.3 Å². The van der Waals surface area contributed by atoms with E-state index < -0.39 is 0 Å². The molecule has 3 heterocycles. The van der Waals surface area contributed by atoms with Crippen molar-refractivity contribution >= 4 is 17.2 Å². The van der Waals surface area contributed by atoms with Gasteiger partial charge in [-0.05, 0) is 38.3 Å². The molecule has 0 bridgehead atoms. The molecule has 3 aromatic heterocycles. The summed E-state index contributed by atoms with van der Waals surface area (Å²) in [6, 6.07) is 6.06. The second-order valence-corrected chi connectivity index (χ2v) is 6.39. The van der Waals surface area contributed by atoms with Crippen LogP contribution in [0.2, 0.25) is 0 Å². The maximum Gasteiger partial charge on any atom is 0.256 e. The van der Waals surface area contributed by atoms with E-state index in [2.05, 4.69) is 21.6 Å². The normalized spacial score (nSPS) is 12.3. The maximum absolute atomic E-state index is 12.3. The molecule has 0 unspecified atom stereocenters. The summed E-state index contributed by atoms with van der Waals surface area (Å²) >= 11 is 1.65. The molecule has 0 spiro atoms. The van der Waals surface area contributed by atoms with Crippen LogP contribution in [0.4, 0.5) is 0 Å². The number of aromatic nitrogens is 3. The van der Waals surface area contributed by atoms with Crippen LogP contribution in [0.15, 0.2) is 34.3 Å². The van der Waals surface area contributed by atoms with Gasteiger partial charge in [-0.3, -0.25) is 9.48 Å². The van der Waals surface area contributed by atoms with Gasteiger partial charge in [0.15, 0.2) is 0 Å². The van der Waals surface area contributed by atoms with Crippen molar-refractivity contribution in [3.05, 3.63) is 57.4 Å². The minimum atomic E-state index is -0.188. The fourth-order valence-electron chi connectivity index (χ4n) is 2.55. The van der Waals surface area contributed by atoms with Crippen LogP contribution in [0.5, 0.6) is 0 Å². The lowest BCUT2D eigenvalue weighted by molar-refractivity contribution is 0.0947. The zero-order valence-corrected chi connectivity index (χ0v) is 14.1. The van der Waals surface area contributed by atoms with E-state index in [1.54, 1.807) is 18.3 Å². The number of aryl methyl sites for hydroxylation is 3. The molecule has 7 heteroatoms. The number of carbonyl (C=O) groups excluding carboxylic acids is 1. The fourth-order valence-corrected chi connectivity index (χ4v) is 3.36. The van der Waals surface area contributed by atoms with E-state index in [1.807, 2.05) is 36.0 Å². The number of nitrogens with zero attached hydrogens (tertiary/aromatic N) is 3. The van der Waals surface area contributed by atoms with E-state index in [4.69, 9.17) is 4.52 Å². The van der Waals surface area contributed by atoms with Gasteiger partial charge in [0.2, 0.25) is 0 Å². The molecule has 1 N–H and O–H groups in total. The number of carbonyl (C=O) groups is 1. The first-order valence-corrected chi connectivity index (χ1v) is 8.20. The lowest BCUT2D eigenvalue weighted by Gasteiger charge is -2.18. The maximum atomic E-state index is 12.3. The fraction of sp³-hybridized carbons (Fsp3) is 0.312. The van der Waals surface area contributed by atoms with E-state index in [0.717, 1.165) is 16.3 Å². The van der Waals surface area contributed by atoms with Crippen LogP contribution in [0, 0.1) is 20.8 Å². The molecule has 23 heavy (non-hydrogen) atoms. The smallest absolute Gasteiger partial charge is 0.256 e. The average Bonchev–Trinajstić information content (AvgIpc) is 3.22. The molecular formula is C16H18N4O2S. The molecule has 0 aliphatic rings. The van der Waals surface area contributed by atoms with Crippen LogP contribution in [-0.2, 0) is 0 Å². The minimum absolute atomic E-state index is 0.0344. The van der Waals surface area contributed by atoms with Crippen molar-refractivity contribution in [3.63, 3.8) is 0 Å². The van der Waals surface area contributed by atoms with Gasteiger partial charge >= 0.3 is 0 Å². The van der Waals surface area contributed by atoms with Crippen LogP contribution in [-0.4, -0.2) is 27.4 Å². The second-order valence-electron chi connectivity index (χ2n) is 5.41. The Morgan fingerprint density at radius 3 is 2.83 bits per heavy atom. The van der Waals surface area contributed by atoms with E-state index >= 15 is 0 Å². The Kier molecular flexibility index (Phi) is 4.29. The topological polar surface area (TPSA) is 73.0 Å². The predicted octanol–water partition coefficient (Wildman–Crippen LogP) is 2.88. The molecule has 6 nitrogen and oxygen atoms in total. The van der Waals surface area contributed by atoms with E-state index in [9.17, 15) is 4.79 Å².